The second kappa shape index (κ2) is 8.54. The molecule has 7 nitrogen and oxygen atoms in total. The van der Waals surface area contributed by atoms with Gasteiger partial charge in [0.05, 0.1) is 27.4 Å². The zero-order chi connectivity index (χ0) is 20.3. The zero-order valence-electron chi connectivity index (χ0n) is 15.8. The highest BCUT2D eigenvalue weighted by atomic mass is 32.2. The summed E-state index contributed by atoms with van der Waals surface area (Å²) in [6.45, 7) is 5.69. The van der Waals surface area contributed by atoms with E-state index in [-0.39, 0.29) is 24.7 Å². The first-order valence-electron chi connectivity index (χ1n) is 8.65. The molecule has 1 aromatic heterocycles. The monoisotopic (exact) mass is 413 g/mol. The SMILES string of the molecule is Cc1ccc(C)c(N2N=C(C(=O)Nc3nc(C)c(SCC#N)s3)CCC2=O)c1. The minimum atomic E-state index is -0.367. The fourth-order valence-electron chi connectivity index (χ4n) is 2.69. The number of nitrogens with one attached hydrogen (secondary N) is 1. The third-order valence-corrected chi connectivity index (χ3v) is 6.43. The quantitative estimate of drug-likeness (QED) is 0.752. The number of amides is 2. The van der Waals surface area contributed by atoms with E-state index >= 15 is 0 Å². The summed E-state index contributed by atoms with van der Waals surface area (Å²) >= 11 is 2.72. The Morgan fingerprint density at radius 3 is 2.89 bits per heavy atom. The number of carbonyl (C=O) groups excluding carboxylic acids is 2. The first-order chi connectivity index (χ1) is 13.4. The Kier molecular flexibility index (Phi) is 6.11. The Bertz CT molecular complexity index is 1010. The van der Waals surface area contributed by atoms with Gasteiger partial charge in [-0.1, -0.05) is 35.2 Å². The van der Waals surface area contributed by atoms with Crippen molar-refractivity contribution in [3.05, 3.63) is 35.0 Å². The molecule has 144 valence electrons. The van der Waals surface area contributed by atoms with Crippen molar-refractivity contribution in [3.8, 4) is 6.07 Å². The van der Waals surface area contributed by atoms with Crippen LogP contribution >= 0.6 is 23.1 Å². The van der Waals surface area contributed by atoms with Crippen LogP contribution < -0.4 is 10.3 Å². The van der Waals surface area contributed by atoms with E-state index in [9.17, 15) is 9.59 Å². The molecular weight excluding hydrogens is 394 g/mol. The minimum absolute atomic E-state index is 0.134. The number of hydrogen-bond donors (Lipinski definition) is 1. The van der Waals surface area contributed by atoms with Crippen LogP contribution in [-0.4, -0.2) is 28.3 Å². The van der Waals surface area contributed by atoms with Crippen molar-refractivity contribution < 1.29 is 9.59 Å². The number of nitrogens with zero attached hydrogens (tertiary/aromatic N) is 4. The molecule has 0 saturated carbocycles. The highest BCUT2D eigenvalue weighted by Gasteiger charge is 2.27. The lowest BCUT2D eigenvalue weighted by molar-refractivity contribution is -0.118. The van der Waals surface area contributed by atoms with Crippen LogP contribution in [0.5, 0.6) is 0 Å². The first-order valence-corrected chi connectivity index (χ1v) is 10.5. The van der Waals surface area contributed by atoms with Crippen molar-refractivity contribution in [2.45, 2.75) is 37.8 Å². The van der Waals surface area contributed by atoms with E-state index in [4.69, 9.17) is 5.26 Å². The molecule has 3 rings (SSSR count). The van der Waals surface area contributed by atoms with Gasteiger partial charge in [0.2, 0.25) is 5.91 Å². The number of aryl methyl sites for hydroxylation is 3. The topological polar surface area (TPSA) is 98.4 Å². The minimum Gasteiger partial charge on any atom is -0.297 e. The Labute approximate surface area is 171 Å². The van der Waals surface area contributed by atoms with Crippen molar-refractivity contribution in [2.75, 3.05) is 16.1 Å². The number of aromatic nitrogens is 1. The molecule has 0 atom stereocenters. The van der Waals surface area contributed by atoms with E-state index in [1.54, 1.807) is 0 Å². The van der Waals surface area contributed by atoms with Crippen molar-refractivity contribution in [2.24, 2.45) is 5.10 Å². The third kappa shape index (κ3) is 4.40. The van der Waals surface area contributed by atoms with E-state index in [1.165, 1.54) is 28.1 Å². The molecule has 0 radical (unpaired) electrons. The summed E-state index contributed by atoms with van der Waals surface area (Å²) in [6.07, 6.45) is 0.506. The number of hydrogen-bond acceptors (Lipinski definition) is 7. The van der Waals surface area contributed by atoms with E-state index in [0.717, 1.165) is 21.0 Å². The molecule has 0 saturated heterocycles. The van der Waals surface area contributed by atoms with Crippen LogP contribution in [0.3, 0.4) is 0 Å². The second-order valence-electron chi connectivity index (χ2n) is 6.33. The predicted molar refractivity (Wildman–Crippen MR) is 112 cm³/mol. The van der Waals surface area contributed by atoms with Gasteiger partial charge < -0.3 is 0 Å². The molecule has 0 aliphatic carbocycles. The molecule has 1 aliphatic rings. The average Bonchev–Trinajstić information content (AvgIpc) is 3.01. The summed E-state index contributed by atoms with van der Waals surface area (Å²) < 4.78 is 0.898. The molecule has 1 aromatic carbocycles. The lowest BCUT2D eigenvalue weighted by atomic mass is 10.1. The van der Waals surface area contributed by atoms with Gasteiger partial charge in [-0.15, -0.1) is 0 Å². The molecule has 0 spiro atoms. The van der Waals surface area contributed by atoms with Gasteiger partial charge in [0.25, 0.3) is 5.91 Å². The van der Waals surface area contributed by atoms with E-state index in [2.05, 4.69) is 21.5 Å². The fraction of sp³-hybridized carbons (Fsp3) is 0.316. The van der Waals surface area contributed by atoms with Gasteiger partial charge in [0.1, 0.15) is 5.71 Å². The Morgan fingerprint density at radius 2 is 2.14 bits per heavy atom. The van der Waals surface area contributed by atoms with Crippen molar-refractivity contribution in [1.29, 1.82) is 5.26 Å². The van der Waals surface area contributed by atoms with Crippen LogP contribution in [0.15, 0.2) is 27.5 Å². The Morgan fingerprint density at radius 1 is 1.36 bits per heavy atom. The van der Waals surface area contributed by atoms with Gasteiger partial charge >= 0.3 is 0 Å². The van der Waals surface area contributed by atoms with Gasteiger partial charge in [-0.2, -0.15) is 10.4 Å². The predicted octanol–water partition coefficient (Wildman–Crippen LogP) is 3.81. The van der Waals surface area contributed by atoms with Crippen molar-refractivity contribution >= 4 is 51.4 Å². The average molecular weight is 414 g/mol. The molecule has 0 fully saturated rings. The number of nitriles is 1. The van der Waals surface area contributed by atoms with E-state index in [0.29, 0.717) is 22.3 Å². The van der Waals surface area contributed by atoms with E-state index in [1.807, 2.05) is 39.0 Å². The molecule has 2 heterocycles. The largest absolute Gasteiger partial charge is 0.297 e. The molecule has 9 heteroatoms. The van der Waals surface area contributed by atoms with E-state index < -0.39 is 0 Å². The number of anilines is 2. The Balaban J connectivity index is 1.81. The van der Waals surface area contributed by atoms with Gasteiger partial charge in [0, 0.05) is 12.8 Å². The molecule has 1 N–H and O–H groups in total. The summed E-state index contributed by atoms with van der Waals surface area (Å²) in [4.78, 5) is 29.4. The van der Waals surface area contributed by atoms with Crippen LogP contribution in [0.25, 0.3) is 0 Å². The number of carbonyl (C=O) groups is 2. The number of hydrazone groups is 1. The second-order valence-corrected chi connectivity index (χ2v) is 8.58. The molecule has 28 heavy (non-hydrogen) atoms. The maximum Gasteiger partial charge on any atom is 0.273 e. The van der Waals surface area contributed by atoms with Crippen LogP contribution in [-0.2, 0) is 9.59 Å². The maximum atomic E-state index is 12.7. The van der Waals surface area contributed by atoms with Gasteiger partial charge in [-0.3, -0.25) is 14.9 Å². The molecule has 0 unspecified atom stereocenters. The molecule has 2 amide bonds. The summed E-state index contributed by atoms with van der Waals surface area (Å²) in [5.41, 5.74) is 3.69. The fourth-order valence-corrected chi connectivity index (χ4v) is 4.48. The maximum absolute atomic E-state index is 12.7. The smallest absolute Gasteiger partial charge is 0.273 e. The summed E-state index contributed by atoms with van der Waals surface area (Å²) in [5, 5.41) is 17.6. The summed E-state index contributed by atoms with van der Waals surface area (Å²) in [6, 6.07) is 7.87. The molecular formula is C19H19N5O2S2. The van der Waals surface area contributed by atoms with Crippen LogP contribution in [0, 0.1) is 32.1 Å². The summed E-state index contributed by atoms with van der Waals surface area (Å²) in [5.74, 6) is -0.172. The first kappa shape index (κ1) is 20.0. The van der Waals surface area contributed by atoms with Crippen LogP contribution in [0.4, 0.5) is 10.8 Å². The number of rotatable bonds is 5. The third-order valence-electron chi connectivity index (χ3n) is 4.13. The number of benzene rings is 1. The molecule has 1 aliphatic heterocycles. The van der Waals surface area contributed by atoms with Gasteiger partial charge in [0.15, 0.2) is 5.13 Å². The lowest BCUT2D eigenvalue weighted by Crippen LogP contribution is -2.36. The van der Waals surface area contributed by atoms with Crippen LogP contribution in [0.1, 0.15) is 29.7 Å². The van der Waals surface area contributed by atoms with Gasteiger partial charge in [-0.25, -0.2) is 9.99 Å². The standard InChI is InChI=1S/C19H19N5O2S2/c1-11-4-5-12(2)15(10-11)24-16(25)7-6-14(23-24)17(26)22-19-21-13(3)18(28-19)27-9-8-20/h4-5,10H,6-7,9H2,1-3H3,(H,21,22,26). The van der Waals surface area contributed by atoms with Crippen molar-refractivity contribution in [1.82, 2.24) is 4.98 Å². The van der Waals surface area contributed by atoms with Crippen LogP contribution in [0.2, 0.25) is 0 Å². The lowest BCUT2D eigenvalue weighted by Gasteiger charge is -2.24. The van der Waals surface area contributed by atoms with Crippen molar-refractivity contribution in [3.63, 3.8) is 0 Å². The molecule has 2 aromatic rings. The highest BCUT2D eigenvalue weighted by Crippen LogP contribution is 2.32. The molecule has 0 bridgehead atoms. The normalized spacial score (nSPS) is 13.9. The van der Waals surface area contributed by atoms with Gasteiger partial charge in [-0.05, 0) is 38.0 Å². The highest BCUT2D eigenvalue weighted by molar-refractivity contribution is 8.01. The summed E-state index contributed by atoms with van der Waals surface area (Å²) in [7, 11) is 0. The Hall–Kier alpha value is -2.70. The zero-order valence-corrected chi connectivity index (χ0v) is 17.4. The number of thiazole rings is 1. The number of thioether (sulfide) groups is 1.